The lowest BCUT2D eigenvalue weighted by molar-refractivity contribution is -0.120. The Morgan fingerprint density at radius 1 is 1.24 bits per heavy atom. The molecule has 1 aromatic rings. The van der Waals surface area contributed by atoms with Gasteiger partial charge in [0.05, 0.1) is 6.61 Å². The maximum absolute atomic E-state index is 11.2. The van der Waals surface area contributed by atoms with E-state index in [1.165, 1.54) is 5.56 Å². The van der Waals surface area contributed by atoms with Crippen LogP contribution < -0.4 is 15.4 Å². The maximum atomic E-state index is 11.2. The van der Waals surface area contributed by atoms with Gasteiger partial charge in [-0.1, -0.05) is 19.1 Å². The lowest BCUT2D eigenvalue weighted by Crippen LogP contribution is -2.18. The summed E-state index contributed by atoms with van der Waals surface area (Å²) in [5.74, 6) is 1.01. The molecule has 0 spiro atoms. The molecule has 1 rings (SSSR count). The SMILES string of the molecule is CCCNCc1cc(C)c(OCCCC(=O)NC)c(C)c1. The summed E-state index contributed by atoms with van der Waals surface area (Å²) in [7, 11) is 1.66. The number of hydrogen-bond acceptors (Lipinski definition) is 3. The number of rotatable bonds is 9. The first-order valence-corrected chi connectivity index (χ1v) is 7.72. The van der Waals surface area contributed by atoms with Crippen LogP contribution >= 0.6 is 0 Å². The predicted octanol–water partition coefficient (Wildman–Crippen LogP) is 2.71. The molecule has 0 atom stereocenters. The molecule has 21 heavy (non-hydrogen) atoms. The van der Waals surface area contributed by atoms with Crippen molar-refractivity contribution in [2.24, 2.45) is 0 Å². The Balaban J connectivity index is 2.53. The molecular weight excluding hydrogens is 264 g/mol. The Kier molecular flexibility index (Phi) is 7.83. The molecule has 0 saturated heterocycles. The minimum atomic E-state index is 0.0596. The molecule has 1 aromatic carbocycles. The highest BCUT2D eigenvalue weighted by Gasteiger charge is 2.07. The zero-order valence-electron chi connectivity index (χ0n) is 13.7. The van der Waals surface area contributed by atoms with Crippen LogP contribution in [-0.2, 0) is 11.3 Å². The van der Waals surface area contributed by atoms with Crippen molar-refractivity contribution in [3.05, 3.63) is 28.8 Å². The second-order valence-electron chi connectivity index (χ2n) is 5.36. The number of aryl methyl sites for hydroxylation is 2. The molecule has 1 amide bonds. The average molecular weight is 292 g/mol. The molecule has 0 fully saturated rings. The van der Waals surface area contributed by atoms with Gasteiger partial charge in [-0.15, -0.1) is 0 Å². The highest BCUT2D eigenvalue weighted by Crippen LogP contribution is 2.25. The average Bonchev–Trinajstić information content (AvgIpc) is 2.45. The van der Waals surface area contributed by atoms with Gasteiger partial charge in [-0.2, -0.15) is 0 Å². The van der Waals surface area contributed by atoms with Gasteiger partial charge in [-0.3, -0.25) is 4.79 Å². The van der Waals surface area contributed by atoms with Crippen molar-refractivity contribution in [2.75, 3.05) is 20.2 Å². The van der Waals surface area contributed by atoms with Crippen LogP contribution in [0.4, 0.5) is 0 Å². The zero-order chi connectivity index (χ0) is 15.7. The van der Waals surface area contributed by atoms with Gasteiger partial charge in [0.2, 0.25) is 5.91 Å². The molecule has 4 nitrogen and oxygen atoms in total. The van der Waals surface area contributed by atoms with Crippen molar-refractivity contribution >= 4 is 5.91 Å². The predicted molar refractivity (Wildman–Crippen MR) is 86.7 cm³/mol. The quantitative estimate of drug-likeness (QED) is 0.688. The number of amides is 1. The Morgan fingerprint density at radius 3 is 2.48 bits per heavy atom. The fraction of sp³-hybridized carbons (Fsp3) is 0.588. The Hall–Kier alpha value is -1.55. The van der Waals surface area contributed by atoms with Crippen LogP contribution in [0, 0.1) is 13.8 Å². The van der Waals surface area contributed by atoms with Crippen LogP contribution in [0.25, 0.3) is 0 Å². The van der Waals surface area contributed by atoms with Crippen molar-refractivity contribution < 1.29 is 9.53 Å². The van der Waals surface area contributed by atoms with Gasteiger partial charge >= 0.3 is 0 Å². The number of carbonyl (C=O) groups is 1. The molecule has 0 saturated carbocycles. The first-order valence-electron chi connectivity index (χ1n) is 7.72. The van der Waals surface area contributed by atoms with Crippen molar-refractivity contribution in [3.63, 3.8) is 0 Å². The van der Waals surface area contributed by atoms with E-state index in [1.807, 2.05) is 0 Å². The number of hydrogen-bond donors (Lipinski definition) is 2. The largest absolute Gasteiger partial charge is 0.493 e. The van der Waals surface area contributed by atoms with Gasteiger partial charge in [-0.05, 0) is 49.9 Å². The third-order valence-corrected chi connectivity index (χ3v) is 3.35. The molecule has 0 radical (unpaired) electrons. The zero-order valence-corrected chi connectivity index (χ0v) is 13.7. The monoisotopic (exact) mass is 292 g/mol. The summed E-state index contributed by atoms with van der Waals surface area (Å²) in [4.78, 5) is 11.2. The highest BCUT2D eigenvalue weighted by molar-refractivity contribution is 5.75. The van der Waals surface area contributed by atoms with E-state index in [0.717, 1.165) is 42.8 Å². The van der Waals surface area contributed by atoms with Crippen molar-refractivity contribution in [1.82, 2.24) is 10.6 Å². The summed E-state index contributed by atoms with van der Waals surface area (Å²) >= 11 is 0. The maximum Gasteiger partial charge on any atom is 0.219 e. The second-order valence-corrected chi connectivity index (χ2v) is 5.36. The molecule has 4 heteroatoms. The number of ether oxygens (including phenoxy) is 1. The fourth-order valence-electron chi connectivity index (χ4n) is 2.31. The molecule has 0 bridgehead atoms. The standard InChI is InChI=1S/C17H28N2O2/c1-5-8-19-12-15-10-13(2)17(14(3)11-15)21-9-6-7-16(20)18-4/h10-11,19H,5-9,12H2,1-4H3,(H,18,20). The van der Waals surface area contributed by atoms with Crippen LogP contribution in [-0.4, -0.2) is 26.1 Å². The van der Waals surface area contributed by atoms with E-state index in [-0.39, 0.29) is 5.91 Å². The smallest absolute Gasteiger partial charge is 0.219 e. The van der Waals surface area contributed by atoms with Gasteiger partial charge in [0.15, 0.2) is 0 Å². The van der Waals surface area contributed by atoms with Gasteiger partial charge in [0, 0.05) is 20.0 Å². The minimum Gasteiger partial charge on any atom is -0.493 e. The van der Waals surface area contributed by atoms with E-state index in [2.05, 4.69) is 43.5 Å². The van der Waals surface area contributed by atoms with E-state index in [9.17, 15) is 4.79 Å². The van der Waals surface area contributed by atoms with Gasteiger partial charge in [0.1, 0.15) is 5.75 Å². The second kappa shape index (κ2) is 9.40. The van der Waals surface area contributed by atoms with Crippen molar-refractivity contribution in [3.8, 4) is 5.75 Å². The first kappa shape index (κ1) is 17.5. The number of carbonyl (C=O) groups excluding carboxylic acids is 1. The van der Waals surface area contributed by atoms with E-state index in [1.54, 1.807) is 7.05 Å². The Morgan fingerprint density at radius 2 is 1.90 bits per heavy atom. The molecule has 0 aliphatic rings. The topological polar surface area (TPSA) is 50.4 Å². The lowest BCUT2D eigenvalue weighted by atomic mass is 10.1. The van der Waals surface area contributed by atoms with Crippen LogP contribution in [0.5, 0.6) is 5.75 Å². The third kappa shape index (κ3) is 6.17. The molecule has 0 aliphatic heterocycles. The van der Waals surface area contributed by atoms with Crippen LogP contribution in [0.15, 0.2) is 12.1 Å². The van der Waals surface area contributed by atoms with E-state index in [4.69, 9.17) is 4.74 Å². The van der Waals surface area contributed by atoms with Crippen molar-refractivity contribution in [2.45, 2.75) is 46.6 Å². The summed E-state index contributed by atoms with van der Waals surface area (Å²) in [5.41, 5.74) is 3.60. The Labute approximate surface area is 128 Å². The van der Waals surface area contributed by atoms with Gasteiger partial charge < -0.3 is 15.4 Å². The van der Waals surface area contributed by atoms with Crippen LogP contribution in [0.1, 0.15) is 42.9 Å². The molecule has 2 N–H and O–H groups in total. The van der Waals surface area contributed by atoms with Crippen molar-refractivity contribution in [1.29, 1.82) is 0 Å². The molecule has 0 aromatic heterocycles. The van der Waals surface area contributed by atoms with E-state index < -0.39 is 0 Å². The van der Waals surface area contributed by atoms with Crippen LogP contribution in [0.3, 0.4) is 0 Å². The molecule has 0 aliphatic carbocycles. The summed E-state index contributed by atoms with van der Waals surface area (Å²) in [6.45, 7) is 8.82. The van der Waals surface area contributed by atoms with Crippen LogP contribution in [0.2, 0.25) is 0 Å². The van der Waals surface area contributed by atoms with Gasteiger partial charge in [-0.25, -0.2) is 0 Å². The third-order valence-electron chi connectivity index (χ3n) is 3.35. The highest BCUT2D eigenvalue weighted by atomic mass is 16.5. The summed E-state index contributed by atoms with van der Waals surface area (Å²) < 4.78 is 5.84. The van der Waals surface area contributed by atoms with E-state index in [0.29, 0.717) is 13.0 Å². The summed E-state index contributed by atoms with van der Waals surface area (Å²) in [6.07, 6.45) is 2.39. The fourth-order valence-corrected chi connectivity index (χ4v) is 2.31. The Bertz CT molecular complexity index is 435. The molecular formula is C17H28N2O2. The number of benzene rings is 1. The molecule has 0 unspecified atom stereocenters. The molecule has 0 heterocycles. The summed E-state index contributed by atoms with van der Waals surface area (Å²) in [5, 5.41) is 6.03. The lowest BCUT2D eigenvalue weighted by Gasteiger charge is -2.14. The summed E-state index contributed by atoms with van der Waals surface area (Å²) in [6, 6.07) is 4.34. The van der Waals surface area contributed by atoms with Gasteiger partial charge in [0.25, 0.3) is 0 Å². The molecule has 118 valence electrons. The first-order chi connectivity index (χ1) is 10.1. The normalized spacial score (nSPS) is 10.5. The minimum absolute atomic E-state index is 0.0596. The van der Waals surface area contributed by atoms with E-state index >= 15 is 0 Å². The number of nitrogens with one attached hydrogen (secondary N) is 2.